The van der Waals surface area contributed by atoms with Crippen molar-refractivity contribution >= 4 is 115 Å². The number of benzene rings is 1. The van der Waals surface area contributed by atoms with Crippen molar-refractivity contribution in [2.24, 2.45) is 0 Å². The van der Waals surface area contributed by atoms with Crippen molar-refractivity contribution in [2.45, 2.75) is 52.7 Å². The molecule has 0 saturated heterocycles. The van der Waals surface area contributed by atoms with Gasteiger partial charge in [-0.1, -0.05) is 0 Å². The first-order valence-corrected chi connectivity index (χ1v) is 14.9. The van der Waals surface area contributed by atoms with Gasteiger partial charge in [0.15, 0.2) is 6.10 Å². The van der Waals surface area contributed by atoms with Crippen molar-refractivity contribution in [2.75, 3.05) is 25.1 Å². The van der Waals surface area contributed by atoms with Gasteiger partial charge in [0.25, 0.3) is 5.91 Å². The Morgan fingerprint density at radius 3 is 1.71 bits per heavy atom. The standard InChI is InChI=1S/C24H27I3N2O12/c1-10(30)38-8-14(40-12(3)32)5-6-16(34)29-22-20(26)17(19(25)18(21(22)27)24(36)37)23(35)28-7-15(41-13(4)33)9-39-11(2)31/h14-15H,5-9H2,1-4H3,(H,28,35)(H,29,34)(H,36,37). The number of amides is 2. The topological polar surface area (TPSA) is 201 Å². The van der Waals surface area contributed by atoms with Crippen molar-refractivity contribution in [1.82, 2.24) is 5.32 Å². The maximum Gasteiger partial charge on any atom is 0.337 e. The molecule has 0 bridgehead atoms. The van der Waals surface area contributed by atoms with E-state index in [9.17, 15) is 38.7 Å². The Kier molecular flexibility index (Phi) is 15.8. The molecule has 0 aliphatic rings. The highest BCUT2D eigenvalue weighted by molar-refractivity contribution is 14.1. The normalized spacial score (nSPS) is 11.9. The van der Waals surface area contributed by atoms with Gasteiger partial charge in [-0.05, 0) is 74.2 Å². The van der Waals surface area contributed by atoms with Gasteiger partial charge in [-0.3, -0.25) is 28.8 Å². The number of rotatable bonds is 14. The summed E-state index contributed by atoms with van der Waals surface area (Å²) >= 11 is 5.27. The molecule has 0 aromatic heterocycles. The van der Waals surface area contributed by atoms with E-state index in [1.807, 2.05) is 0 Å². The summed E-state index contributed by atoms with van der Waals surface area (Å²) in [6, 6.07) is 0. The Morgan fingerprint density at radius 2 is 1.22 bits per heavy atom. The van der Waals surface area contributed by atoms with E-state index in [4.69, 9.17) is 18.9 Å². The molecule has 17 heteroatoms. The van der Waals surface area contributed by atoms with Crippen LogP contribution in [0, 0.1) is 10.7 Å². The highest BCUT2D eigenvalue weighted by Gasteiger charge is 2.29. The molecule has 3 N–H and O–H groups in total. The molecule has 0 saturated carbocycles. The van der Waals surface area contributed by atoms with E-state index >= 15 is 0 Å². The number of hydrogen-bond donors (Lipinski definition) is 3. The molecule has 41 heavy (non-hydrogen) atoms. The predicted octanol–water partition coefficient (Wildman–Crippen LogP) is 2.64. The van der Waals surface area contributed by atoms with Crippen LogP contribution < -0.4 is 10.6 Å². The largest absolute Gasteiger partial charge is 0.478 e. The minimum atomic E-state index is -1.34. The van der Waals surface area contributed by atoms with Gasteiger partial charge in [-0.2, -0.15) is 0 Å². The van der Waals surface area contributed by atoms with Crippen molar-refractivity contribution in [3.8, 4) is 0 Å². The summed E-state index contributed by atoms with van der Waals surface area (Å²) in [5.41, 5.74) is -0.211. The SMILES string of the molecule is CC(=O)OCC(CCC(=O)Nc1c(I)c(C(=O)O)c(I)c(C(=O)NCC(COC(C)=O)OC(C)=O)c1I)OC(C)=O. The fraction of sp³-hybridized carbons (Fsp3) is 0.458. The summed E-state index contributed by atoms with van der Waals surface area (Å²) in [6.07, 6.45) is -2.09. The van der Waals surface area contributed by atoms with E-state index in [-0.39, 0.29) is 60.1 Å². The van der Waals surface area contributed by atoms with Crippen molar-refractivity contribution in [3.63, 3.8) is 0 Å². The molecule has 14 nitrogen and oxygen atoms in total. The van der Waals surface area contributed by atoms with Crippen LogP contribution in [0.4, 0.5) is 5.69 Å². The molecule has 0 heterocycles. The number of anilines is 1. The molecule has 2 atom stereocenters. The first-order valence-electron chi connectivity index (χ1n) is 11.7. The van der Waals surface area contributed by atoms with Gasteiger partial charge in [-0.15, -0.1) is 0 Å². The van der Waals surface area contributed by atoms with Gasteiger partial charge in [0, 0.05) is 37.7 Å². The highest BCUT2D eigenvalue weighted by Crippen LogP contribution is 2.36. The van der Waals surface area contributed by atoms with Crippen LogP contribution >= 0.6 is 67.8 Å². The van der Waals surface area contributed by atoms with Crippen LogP contribution in [0.15, 0.2) is 0 Å². The molecule has 0 aliphatic heterocycles. The molecule has 1 aromatic carbocycles. The third-order valence-electron chi connectivity index (χ3n) is 4.82. The second kappa shape index (κ2) is 17.6. The molecule has 2 unspecified atom stereocenters. The third-order valence-corrected chi connectivity index (χ3v) is 8.05. The lowest BCUT2D eigenvalue weighted by atomic mass is 10.1. The predicted molar refractivity (Wildman–Crippen MR) is 166 cm³/mol. The lowest BCUT2D eigenvalue weighted by Gasteiger charge is -2.20. The molecule has 0 radical (unpaired) electrons. The summed E-state index contributed by atoms with van der Waals surface area (Å²) < 4.78 is 20.4. The average Bonchev–Trinajstić information content (AvgIpc) is 2.84. The van der Waals surface area contributed by atoms with Crippen LogP contribution in [-0.4, -0.2) is 78.7 Å². The smallest absolute Gasteiger partial charge is 0.337 e. The van der Waals surface area contributed by atoms with Crippen LogP contribution in [0.1, 0.15) is 61.3 Å². The minimum absolute atomic E-state index is 0.00474. The maximum absolute atomic E-state index is 13.2. The zero-order chi connectivity index (χ0) is 31.4. The van der Waals surface area contributed by atoms with Gasteiger partial charge in [0.2, 0.25) is 5.91 Å². The summed E-state index contributed by atoms with van der Waals surface area (Å²) in [4.78, 5) is 83.2. The summed E-state index contributed by atoms with van der Waals surface area (Å²) in [7, 11) is 0. The quantitative estimate of drug-likeness (QED) is 0.140. The van der Waals surface area contributed by atoms with Crippen molar-refractivity contribution < 1.29 is 57.6 Å². The van der Waals surface area contributed by atoms with E-state index in [0.717, 1.165) is 6.92 Å². The van der Waals surface area contributed by atoms with Gasteiger partial charge < -0.3 is 34.7 Å². The van der Waals surface area contributed by atoms with Crippen LogP contribution in [-0.2, 0) is 42.9 Å². The number of halogens is 3. The summed E-state index contributed by atoms with van der Waals surface area (Å²) in [5, 5.41) is 15.0. The number of esters is 4. The first kappa shape index (κ1) is 36.7. The van der Waals surface area contributed by atoms with Crippen LogP contribution in [0.5, 0.6) is 0 Å². The van der Waals surface area contributed by atoms with E-state index in [0.29, 0.717) is 0 Å². The summed E-state index contributed by atoms with van der Waals surface area (Å²) in [6.45, 7) is 3.84. The minimum Gasteiger partial charge on any atom is -0.478 e. The van der Waals surface area contributed by atoms with Gasteiger partial charge in [0.05, 0.1) is 30.5 Å². The number of hydrogen-bond acceptors (Lipinski definition) is 11. The number of carboxylic acid groups (broad SMARTS) is 1. The summed E-state index contributed by atoms with van der Waals surface area (Å²) in [5.74, 6) is -5.17. The number of carboxylic acids is 1. The fourth-order valence-corrected chi connectivity index (χ4v) is 7.54. The van der Waals surface area contributed by atoms with Crippen LogP contribution in [0.2, 0.25) is 0 Å². The fourth-order valence-electron chi connectivity index (χ4n) is 3.15. The van der Waals surface area contributed by atoms with Crippen LogP contribution in [0.3, 0.4) is 0 Å². The zero-order valence-electron chi connectivity index (χ0n) is 22.3. The zero-order valence-corrected chi connectivity index (χ0v) is 28.7. The van der Waals surface area contributed by atoms with Crippen LogP contribution in [0.25, 0.3) is 0 Å². The first-order chi connectivity index (χ1) is 19.0. The average molecular weight is 916 g/mol. The number of ether oxygens (including phenoxy) is 4. The molecular formula is C24H27I3N2O12. The second-order valence-electron chi connectivity index (χ2n) is 8.24. The molecule has 0 spiro atoms. The van der Waals surface area contributed by atoms with Gasteiger partial charge in [0.1, 0.15) is 19.3 Å². The highest BCUT2D eigenvalue weighted by atomic mass is 127. The lowest BCUT2D eigenvalue weighted by Crippen LogP contribution is -2.38. The molecule has 1 rings (SSSR count). The number of aromatic carboxylic acids is 1. The number of carbonyl (C=O) groups excluding carboxylic acids is 6. The Morgan fingerprint density at radius 1 is 0.732 bits per heavy atom. The Bertz CT molecular complexity index is 1220. The van der Waals surface area contributed by atoms with E-state index < -0.39 is 53.9 Å². The molecular weight excluding hydrogens is 889 g/mol. The molecule has 0 aliphatic carbocycles. The van der Waals surface area contributed by atoms with E-state index in [1.54, 1.807) is 67.8 Å². The Hall–Kier alpha value is -2.30. The van der Waals surface area contributed by atoms with Crippen molar-refractivity contribution in [3.05, 3.63) is 21.8 Å². The maximum atomic E-state index is 13.2. The number of carbonyl (C=O) groups is 7. The molecule has 226 valence electrons. The van der Waals surface area contributed by atoms with Gasteiger partial charge >= 0.3 is 29.8 Å². The van der Waals surface area contributed by atoms with Gasteiger partial charge in [-0.25, -0.2) is 4.79 Å². The van der Waals surface area contributed by atoms with E-state index in [1.165, 1.54) is 20.8 Å². The monoisotopic (exact) mass is 916 g/mol. The molecule has 0 fully saturated rings. The van der Waals surface area contributed by atoms with E-state index in [2.05, 4.69) is 10.6 Å². The number of nitrogens with one attached hydrogen (secondary N) is 2. The Balaban J connectivity index is 3.24. The lowest BCUT2D eigenvalue weighted by molar-refractivity contribution is -0.156. The van der Waals surface area contributed by atoms with Crippen molar-refractivity contribution in [1.29, 1.82) is 0 Å². The third kappa shape index (κ3) is 12.6. The Labute approximate surface area is 275 Å². The molecule has 2 amide bonds. The second-order valence-corrected chi connectivity index (χ2v) is 11.5. The molecule has 1 aromatic rings.